The van der Waals surface area contributed by atoms with Gasteiger partial charge in [0, 0.05) is 21.5 Å². The van der Waals surface area contributed by atoms with Crippen molar-refractivity contribution < 1.29 is 14.3 Å². The molecule has 2 aromatic heterocycles. The van der Waals surface area contributed by atoms with Crippen molar-refractivity contribution >= 4 is 57.1 Å². The van der Waals surface area contributed by atoms with Gasteiger partial charge in [-0.2, -0.15) is 0 Å². The van der Waals surface area contributed by atoms with E-state index in [1.54, 1.807) is 42.7 Å². The van der Waals surface area contributed by atoms with Gasteiger partial charge >= 0.3 is 0 Å². The highest BCUT2D eigenvalue weighted by Gasteiger charge is 2.10. The van der Waals surface area contributed by atoms with Crippen LogP contribution in [0.3, 0.4) is 0 Å². The van der Waals surface area contributed by atoms with E-state index in [4.69, 9.17) is 4.74 Å². The molecule has 0 unspecified atom stereocenters. The van der Waals surface area contributed by atoms with Gasteiger partial charge < -0.3 is 15.4 Å². The summed E-state index contributed by atoms with van der Waals surface area (Å²) in [5.74, 6) is 0.568. The molecule has 0 atom stereocenters. The molecule has 2 aromatic carbocycles. The van der Waals surface area contributed by atoms with Crippen LogP contribution in [-0.4, -0.2) is 29.7 Å². The van der Waals surface area contributed by atoms with E-state index < -0.39 is 0 Å². The van der Waals surface area contributed by atoms with Crippen LogP contribution in [0.15, 0.2) is 76.3 Å². The van der Waals surface area contributed by atoms with Gasteiger partial charge in [0.05, 0.1) is 23.4 Å². The minimum Gasteiger partial charge on any atom is -0.497 e. The van der Waals surface area contributed by atoms with E-state index in [-0.39, 0.29) is 17.6 Å². The van der Waals surface area contributed by atoms with E-state index >= 15 is 0 Å². The molecule has 0 fully saturated rings. The summed E-state index contributed by atoms with van der Waals surface area (Å²) >= 11 is 4.45. The molecule has 32 heavy (non-hydrogen) atoms. The number of rotatable bonds is 8. The first-order chi connectivity index (χ1) is 15.6. The van der Waals surface area contributed by atoms with Crippen LogP contribution in [0.25, 0.3) is 10.6 Å². The van der Waals surface area contributed by atoms with Gasteiger partial charge in [-0.05, 0) is 53.9 Å². The standard InChI is InChI=1S/C23H19N3O3S3/c1-29-17-5-2-4-15(12-17)22(28)24-16-7-9-18(10-8-16)31-14-21(27)26-23-25-19(13-32-23)20-6-3-11-30-20/h2-13H,14H2,1H3,(H,24,28)(H,25,26,27). The highest BCUT2D eigenvalue weighted by Crippen LogP contribution is 2.28. The average Bonchev–Trinajstić information content (AvgIpc) is 3.51. The number of thiophene rings is 1. The number of thioether (sulfide) groups is 1. The SMILES string of the molecule is COc1cccc(C(=O)Nc2ccc(SCC(=O)Nc3nc(-c4cccs4)cs3)cc2)c1. The number of carbonyl (C=O) groups is 2. The number of hydrogen-bond acceptors (Lipinski definition) is 7. The molecule has 162 valence electrons. The summed E-state index contributed by atoms with van der Waals surface area (Å²) < 4.78 is 5.15. The summed E-state index contributed by atoms with van der Waals surface area (Å²) in [6, 6.07) is 18.3. The van der Waals surface area contributed by atoms with Crippen LogP contribution >= 0.6 is 34.4 Å². The van der Waals surface area contributed by atoms with E-state index in [1.165, 1.54) is 23.1 Å². The monoisotopic (exact) mass is 481 g/mol. The Balaban J connectivity index is 1.27. The molecule has 0 aliphatic rings. The van der Waals surface area contributed by atoms with Gasteiger partial charge in [0.2, 0.25) is 5.91 Å². The van der Waals surface area contributed by atoms with E-state index in [1.807, 2.05) is 47.2 Å². The zero-order valence-corrected chi connectivity index (χ0v) is 19.5. The van der Waals surface area contributed by atoms with Crippen LogP contribution in [0.2, 0.25) is 0 Å². The molecule has 0 saturated heterocycles. The first-order valence-corrected chi connectivity index (χ1v) is 12.3. The van der Waals surface area contributed by atoms with Crippen molar-refractivity contribution in [2.75, 3.05) is 23.5 Å². The first-order valence-electron chi connectivity index (χ1n) is 9.58. The van der Waals surface area contributed by atoms with Crippen molar-refractivity contribution in [1.29, 1.82) is 0 Å². The Labute approximate surface area is 197 Å². The van der Waals surface area contributed by atoms with Gasteiger partial charge in [-0.25, -0.2) is 4.98 Å². The van der Waals surface area contributed by atoms with Gasteiger partial charge in [0.1, 0.15) is 5.75 Å². The summed E-state index contributed by atoms with van der Waals surface area (Å²) in [5, 5.41) is 10.2. The second kappa shape index (κ2) is 10.4. The predicted molar refractivity (Wildman–Crippen MR) is 132 cm³/mol. The third kappa shape index (κ3) is 5.76. The summed E-state index contributed by atoms with van der Waals surface area (Å²) in [7, 11) is 1.56. The Bertz CT molecular complexity index is 1200. The molecule has 0 bridgehead atoms. The minimum absolute atomic E-state index is 0.113. The van der Waals surface area contributed by atoms with E-state index in [9.17, 15) is 9.59 Å². The maximum Gasteiger partial charge on any atom is 0.255 e. The van der Waals surface area contributed by atoms with Gasteiger partial charge in [0.25, 0.3) is 5.91 Å². The number of hydrogen-bond donors (Lipinski definition) is 2. The fourth-order valence-electron chi connectivity index (χ4n) is 2.77. The lowest BCUT2D eigenvalue weighted by molar-refractivity contribution is -0.113. The van der Waals surface area contributed by atoms with Crippen molar-refractivity contribution in [2.24, 2.45) is 0 Å². The summed E-state index contributed by atoms with van der Waals surface area (Å²) in [5.41, 5.74) is 2.07. The summed E-state index contributed by atoms with van der Waals surface area (Å²) in [6.07, 6.45) is 0. The zero-order valence-electron chi connectivity index (χ0n) is 17.0. The predicted octanol–water partition coefficient (Wildman–Crippen LogP) is 5.86. The maximum atomic E-state index is 12.4. The van der Waals surface area contributed by atoms with Crippen molar-refractivity contribution in [3.05, 3.63) is 77.0 Å². The molecule has 4 rings (SSSR count). The van der Waals surface area contributed by atoms with Gasteiger partial charge in [0.15, 0.2) is 5.13 Å². The molecule has 9 heteroatoms. The first kappa shape index (κ1) is 22.1. The van der Waals surface area contributed by atoms with Crippen LogP contribution < -0.4 is 15.4 Å². The number of anilines is 2. The van der Waals surface area contributed by atoms with Crippen molar-refractivity contribution in [2.45, 2.75) is 4.90 Å². The maximum absolute atomic E-state index is 12.4. The second-order valence-electron chi connectivity index (χ2n) is 6.56. The molecule has 2 amide bonds. The van der Waals surface area contributed by atoms with Crippen LogP contribution in [0.5, 0.6) is 5.75 Å². The lowest BCUT2D eigenvalue weighted by Crippen LogP contribution is -2.13. The smallest absolute Gasteiger partial charge is 0.255 e. The van der Waals surface area contributed by atoms with Crippen molar-refractivity contribution in [3.8, 4) is 16.3 Å². The van der Waals surface area contributed by atoms with Crippen LogP contribution in [0, 0.1) is 0 Å². The Morgan fingerprint density at radius 1 is 1.03 bits per heavy atom. The lowest BCUT2D eigenvalue weighted by atomic mass is 10.2. The number of ether oxygens (including phenoxy) is 1. The van der Waals surface area contributed by atoms with E-state index in [0.717, 1.165) is 15.5 Å². The third-order valence-electron chi connectivity index (χ3n) is 4.34. The number of nitrogens with zero attached hydrogens (tertiary/aromatic N) is 1. The number of aromatic nitrogens is 1. The fraction of sp³-hybridized carbons (Fsp3) is 0.0870. The fourth-order valence-corrected chi connectivity index (χ4v) is 4.96. The molecule has 0 aliphatic heterocycles. The number of thiazole rings is 1. The Morgan fingerprint density at radius 2 is 1.88 bits per heavy atom. The summed E-state index contributed by atoms with van der Waals surface area (Å²) in [4.78, 5) is 31.1. The van der Waals surface area contributed by atoms with Gasteiger partial charge in [-0.1, -0.05) is 12.1 Å². The largest absolute Gasteiger partial charge is 0.497 e. The number of nitrogens with one attached hydrogen (secondary N) is 2. The Hall–Kier alpha value is -3.14. The highest BCUT2D eigenvalue weighted by molar-refractivity contribution is 8.00. The lowest BCUT2D eigenvalue weighted by Gasteiger charge is -2.08. The topological polar surface area (TPSA) is 80.3 Å². The molecule has 0 saturated carbocycles. The molecule has 0 aliphatic carbocycles. The van der Waals surface area contributed by atoms with Crippen LogP contribution in [0.4, 0.5) is 10.8 Å². The van der Waals surface area contributed by atoms with Crippen molar-refractivity contribution in [1.82, 2.24) is 4.98 Å². The van der Waals surface area contributed by atoms with Gasteiger partial charge in [-0.15, -0.1) is 34.4 Å². The number of benzene rings is 2. The molecule has 2 N–H and O–H groups in total. The molecule has 2 heterocycles. The molecule has 6 nitrogen and oxygen atoms in total. The quantitative estimate of drug-likeness (QED) is 0.308. The van der Waals surface area contributed by atoms with Crippen molar-refractivity contribution in [3.63, 3.8) is 0 Å². The van der Waals surface area contributed by atoms with Crippen LogP contribution in [-0.2, 0) is 4.79 Å². The average molecular weight is 482 g/mol. The zero-order chi connectivity index (χ0) is 22.3. The third-order valence-corrected chi connectivity index (χ3v) is 7.00. The highest BCUT2D eigenvalue weighted by atomic mass is 32.2. The van der Waals surface area contributed by atoms with Gasteiger partial charge in [-0.3, -0.25) is 9.59 Å². The minimum atomic E-state index is -0.214. The number of carbonyl (C=O) groups excluding carboxylic acids is 2. The summed E-state index contributed by atoms with van der Waals surface area (Å²) in [6.45, 7) is 0. The molecular formula is C23H19N3O3S3. The Morgan fingerprint density at radius 3 is 2.62 bits per heavy atom. The van der Waals surface area contributed by atoms with E-state index in [2.05, 4.69) is 15.6 Å². The molecule has 0 spiro atoms. The molecule has 4 aromatic rings. The number of methoxy groups -OCH3 is 1. The van der Waals surface area contributed by atoms with E-state index in [0.29, 0.717) is 22.1 Å². The normalized spacial score (nSPS) is 10.5. The molecule has 0 radical (unpaired) electrons. The van der Waals surface area contributed by atoms with Crippen LogP contribution in [0.1, 0.15) is 10.4 Å². The Kier molecular flexibility index (Phi) is 7.21. The molecular weight excluding hydrogens is 462 g/mol. The number of amides is 2. The second-order valence-corrected chi connectivity index (χ2v) is 9.42.